The van der Waals surface area contributed by atoms with Crippen molar-refractivity contribution in [3.8, 4) is 0 Å². The van der Waals surface area contributed by atoms with E-state index in [1.807, 2.05) is 13.8 Å². The summed E-state index contributed by atoms with van der Waals surface area (Å²) >= 11 is 0. The Hall–Kier alpha value is -1.30. The zero-order chi connectivity index (χ0) is 13.0. The maximum absolute atomic E-state index is 12.3. The zero-order valence-electron chi connectivity index (χ0n) is 10.3. The lowest BCUT2D eigenvalue weighted by atomic mass is 10.2. The average molecular weight is 244 g/mol. The second-order valence-corrected chi connectivity index (χ2v) is 4.19. The first-order chi connectivity index (χ1) is 7.95. The maximum Gasteiger partial charge on any atom is 0.255 e. The Morgan fingerprint density at radius 2 is 2.06 bits per heavy atom. The Morgan fingerprint density at radius 1 is 1.41 bits per heavy atom. The first-order valence-corrected chi connectivity index (χ1v) is 5.50. The van der Waals surface area contributed by atoms with Gasteiger partial charge in [0, 0.05) is 19.5 Å². The van der Waals surface area contributed by atoms with Crippen LogP contribution in [0.25, 0.3) is 0 Å². The highest BCUT2D eigenvalue weighted by atomic mass is 19.3. The van der Waals surface area contributed by atoms with Gasteiger partial charge in [-0.1, -0.05) is 13.8 Å². The number of aromatic nitrogens is 2. The van der Waals surface area contributed by atoms with Gasteiger partial charge in [0.2, 0.25) is 0 Å². The number of nitrogens with two attached hydrogens (primary N) is 1. The number of alkyl halides is 2. The zero-order valence-corrected chi connectivity index (χ0v) is 10.3. The largest absolute Gasteiger partial charge is 0.366 e. The molecule has 17 heavy (non-hydrogen) atoms. The molecule has 2 N–H and O–H groups in total. The minimum Gasteiger partial charge on any atom is -0.366 e. The van der Waals surface area contributed by atoms with Gasteiger partial charge in [0.25, 0.3) is 6.43 Å². The molecule has 0 spiro atoms. The fourth-order valence-corrected chi connectivity index (χ4v) is 1.48. The molecule has 4 nitrogen and oxygen atoms in total. The van der Waals surface area contributed by atoms with E-state index in [0.717, 1.165) is 0 Å². The number of anilines is 1. The highest BCUT2D eigenvalue weighted by molar-refractivity contribution is 5.48. The van der Waals surface area contributed by atoms with Crippen molar-refractivity contribution in [1.29, 1.82) is 0 Å². The monoisotopic (exact) mass is 244 g/mol. The third-order valence-electron chi connectivity index (χ3n) is 2.40. The quantitative estimate of drug-likeness (QED) is 0.857. The van der Waals surface area contributed by atoms with E-state index in [2.05, 4.69) is 9.97 Å². The molecule has 0 aromatic carbocycles. The first kappa shape index (κ1) is 13.8. The number of halogens is 2. The normalized spacial score (nSPS) is 11.3. The van der Waals surface area contributed by atoms with E-state index >= 15 is 0 Å². The van der Waals surface area contributed by atoms with Crippen molar-refractivity contribution in [1.82, 2.24) is 9.97 Å². The molecule has 96 valence electrons. The Labute approximate surface area is 99.9 Å². The Balaban J connectivity index is 2.99. The molecule has 0 aliphatic rings. The molecule has 1 aromatic heterocycles. The van der Waals surface area contributed by atoms with Gasteiger partial charge in [-0.05, 0) is 0 Å². The SMILES string of the molecule is CC(C)c1ncc(N(C)CC(F)F)c(CN)n1. The van der Waals surface area contributed by atoms with Gasteiger partial charge in [-0.3, -0.25) is 0 Å². The van der Waals surface area contributed by atoms with Gasteiger partial charge < -0.3 is 10.6 Å². The molecule has 0 fully saturated rings. The van der Waals surface area contributed by atoms with Gasteiger partial charge in [-0.15, -0.1) is 0 Å². The van der Waals surface area contributed by atoms with E-state index in [0.29, 0.717) is 17.2 Å². The van der Waals surface area contributed by atoms with Crippen LogP contribution in [0, 0.1) is 0 Å². The fourth-order valence-electron chi connectivity index (χ4n) is 1.48. The summed E-state index contributed by atoms with van der Waals surface area (Å²) in [4.78, 5) is 9.89. The minimum atomic E-state index is -2.39. The lowest BCUT2D eigenvalue weighted by Crippen LogP contribution is -2.26. The Kier molecular flexibility index (Phi) is 4.74. The summed E-state index contributed by atoms with van der Waals surface area (Å²) in [6, 6.07) is 0. The highest BCUT2D eigenvalue weighted by Gasteiger charge is 2.14. The van der Waals surface area contributed by atoms with Crippen molar-refractivity contribution in [2.75, 3.05) is 18.5 Å². The van der Waals surface area contributed by atoms with E-state index < -0.39 is 6.43 Å². The van der Waals surface area contributed by atoms with Crippen LogP contribution in [-0.4, -0.2) is 30.0 Å². The van der Waals surface area contributed by atoms with E-state index in [-0.39, 0.29) is 19.0 Å². The molecule has 6 heteroatoms. The van der Waals surface area contributed by atoms with Crippen LogP contribution in [0.15, 0.2) is 6.20 Å². The van der Waals surface area contributed by atoms with E-state index in [9.17, 15) is 8.78 Å². The summed E-state index contributed by atoms with van der Waals surface area (Å²) in [7, 11) is 1.58. The van der Waals surface area contributed by atoms with Gasteiger partial charge in [0.05, 0.1) is 24.1 Å². The molecule has 0 amide bonds. The van der Waals surface area contributed by atoms with Crippen LogP contribution in [0.5, 0.6) is 0 Å². The molecular weight excluding hydrogens is 226 g/mol. The second kappa shape index (κ2) is 5.86. The van der Waals surface area contributed by atoms with Crippen LogP contribution in [0.4, 0.5) is 14.5 Å². The average Bonchev–Trinajstić information content (AvgIpc) is 2.27. The molecule has 0 atom stereocenters. The molecular formula is C11H18F2N4. The third kappa shape index (κ3) is 3.59. The van der Waals surface area contributed by atoms with Crippen LogP contribution in [0.3, 0.4) is 0 Å². The summed E-state index contributed by atoms with van der Waals surface area (Å²) in [5, 5.41) is 0. The second-order valence-electron chi connectivity index (χ2n) is 4.19. The van der Waals surface area contributed by atoms with Crippen molar-refractivity contribution < 1.29 is 8.78 Å². The van der Waals surface area contributed by atoms with Crippen LogP contribution >= 0.6 is 0 Å². The Bertz CT molecular complexity index is 368. The number of rotatable bonds is 5. The number of hydrogen-bond donors (Lipinski definition) is 1. The first-order valence-electron chi connectivity index (χ1n) is 5.50. The Morgan fingerprint density at radius 3 is 2.53 bits per heavy atom. The smallest absolute Gasteiger partial charge is 0.255 e. The van der Waals surface area contributed by atoms with Gasteiger partial charge in [-0.2, -0.15) is 0 Å². The molecule has 1 heterocycles. The van der Waals surface area contributed by atoms with Crippen molar-refractivity contribution in [3.05, 3.63) is 17.7 Å². The van der Waals surface area contributed by atoms with Crippen molar-refractivity contribution in [2.45, 2.75) is 32.7 Å². The lowest BCUT2D eigenvalue weighted by molar-refractivity contribution is 0.156. The van der Waals surface area contributed by atoms with Crippen molar-refractivity contribution >= 4 is 5.69 Å². The van der Waals surface area contributed by atoms with Gasteiger partial charge >= 0.3 is 0 Å². The van der Waals surface area contributed by atoms with Crippen LogP contribution in [-0.2, 0) is 6.54 Å². The fraction of sp³-hybridized carbons (Fsp3) is 0.636. The summed E-state index contributed by atoms with van der Waals surface area (Å²) in [6.07, 6.45) is -0.831. The topological polar surface area (TPSA) is 55.0 Å². The molecule has 0 unspecified atom stereocenters. The van der Waals surface area contributed by atoms with Gasteiger partial charge in [0.1, 0.15) is 5.82 Å². The molecule has 0 radical (unpaired) electrons. The van der Waals surface area contributed by atoms with E-state index in [1.54, 1.807) is 13.2 Å². The molecule has 0 saturated carbocycles. The van der Waals surface area contributed by atoms with E-state index in [1.165, 1.54) is 4.90 Å². The predicted molar refractivity (Wildman–Crippen MR) is 63.3 cm³/mol. The highest BCUT2D eigenvalue weighted by Crippen LogP contribution is 2.19. The minimum absolute atomic E-state index is 0.190. The summed E-state index contributed by atoms with van der Waals surface area (Å²) in [5.41, 5.74) is 6.75. The maximum atomic E-state index is 12.3. The number of nitrogens with zero attached hydrogens (tertiary/aromatic N) is 3. The summed E-state index contributed by atoms with van der Waals surface area (Å²) < 4.78 is 24.6. The van der Waals surface area contributed by atoms with Gasteiger partial charge in [-0.25, -0.2) is 18.7 Å². The van der Waals surface area contributed by atoms with E-state index in [4.69, 9.17) is 5.73 Å². The third-order valence-corrected chi connectivity index (χ3v) is 2.40. The lowest BCUT2D eigenvalue weighted by Gasteiger charge is -2.21. The summed E-state index contributed by atoms with van der Waals surface area (Å²) in [5.74, 6) is 0.870. The van der Waals surface area contributed by atoms with Crippen LogP contribution in [0.2, 0.25) is 0 Å². The molecule has 0 saturated heterocycles. The molecule has 0 aliphatic carbocycles. The molecule has 1 rings (SSSR count). The van der Waals surface area contributed by atoms with Crippen LogP contribution in [0.1, 0.15) is 31.3 Å². The standard InChI is InChI=1S/C11H18F2N4/c1-7(2)11-15-5-9(8(4-14)16-11)17(3)6-10(12)13/h5,7,10H,4,6,14H2,1-3H3. The summed E-state index contributed by atoms with van der Waals surface area (Å²) in [6.45, 7) is 3.80. The predicted octanol–water partition coefficient (Wildman–Crippen LogP) is 1.76. The number of hydrogen-bond acceptors (Lipinski definition) is 4. The molecule has 0 aliphatic heterocycles. The van der Waals surface area contributed by atoms with Gasteiger partial charge in [0.15, 0.2) is 0 Å². The van der Waals surface area contributed by atoms with Crippen molar-refractivity contribution in [3.63, 3.8) is 0 Å². The molecule has 1 aromatic rings. The molecule has 0 bridgehead atoms. The van der Waals surface area contributed by atoms with Crippen LogP contribution < -0.4 is 10.6 Å². The van der Waals surface area contributed by atoms with Crippen molar-refractivity contribution in [2.24, 2.45) is 5.73 Å².